The Kier molecular flexibility index (Phi) is 6.42. The van der Waals surface area contributed by atoms with E-state index in [0.717, 1.165) is 12.1 Å². The number of hydrogen-bond acceptors (Lipinski definition) is 8. The number of piperazine rings is 1. The maximum Gasteiger partial charge on any atom is 0.340 e. The van der Waals surface area contributed by atoms with Gasteiger partial charge in [-0.25, -0.2) is 17.6 Å². The Hall–Kier alpha value is -3.71. The Bertz CT molecular complexity index is 1240. The minimum Gasteiger partial charge on any atom is -0.452 e. The molecule has 3 aromatic rings. The van der Waals surface area contributed by atoms with Crippen molar-refractivity contribution in [1.29, 1.82) is 0 Å². The van der Waals surface area contributed by atoms with Gasteiger partial charge in [0.1, 0.15) is 12.1 Å². The second-order valence-electron chi connectivity index (χ2n) is 7.09. The van der Waals surface area contributed by atoms with Crippen molar-refractivity contribution >= 4 is 21.9 Å². The number of esters is 1. The van der Waals surface area contributed by atoms with Gasteiger partial charge in [-0.2, -0.15) is 8.99 Å². The first-order chi connectivity index (χ1) is 15.9. The van der Waals surface area contributed by atoms with Crippen LogP contribution in [0.4, 0.5) is 4.39 Å². The molecule has 0 atom stereocenters. The highest BCUT2D eigenvalue weighted by Crippen LogP contribution is 2.18. The lowest BCUT2D eigenvalue weighted by atomic mass is 10.2. The topological polar surface area (TPSA) is 128 Å². The van der Waals surface area contributed by atoms with E-state index in [0.29, 0.717) is 5.69 Å². The number of rotatable bonds is 6. The van der Waals surface area contributed by atoms with Crippen LogP contribution in [-0.2, 0) is 19.6 Å². The molecule has 1 fully saturated rings. The highest BCUT2D eigenvalue weighted by atomic mass is 32.2. The van der Waals surface area contributed by atoms with Crippen LogP contribution < -0.4 is 0 Å². The molecule has 0 unspecified atom stereocenters. The zero-order chi connectivity index (χ0) is 23.4. The second kappa shape index (κ2) is 9.42. The lowest BCUT2D eigenvalue weighted by Crippen LogP contribution is -2.51. The van der Waals surface area contributed by atoms with Crippen molar-refractivity contribution in [3.05, 3.63) is 66.2 Å². The van der Waals surface area contributed by atoms with Crippen LogP contribution in [0.3, 0.4) is 0 Å². The van der Waals surface area contributed by atoms with Crippen molar-refractivity contribution in [2.75, 3.05) is 32.8 Å². The number of halogens is 1. The molecule has 0 bridgehead atoms. The standard InChI is InChI=1S/C20H19FN6O5S/c21-15-5-7-16(8-6-15)33(30,31)26-11-9-25(10-12-26)19(28)13-32-20(29)17-3-1-2-4-18(17)27-14-22-23-24-27/h1-8,14H,9-13H2. The second-order valence-corrected chi connectivity index (χ2v) is 9.02. The maximum absolute atomic E-state index is 13.1. The number of amides is 1. The average Bonchev–Trinajstić information content (AvgIpc) is 3.37. The van der Waals surface area contributed by atoms with Crippen LogP contribution in [0.15, 0.2) is 59.8 Å². The molecule has 2 aromatic carbocycles. The van der Waals surface area contributed by atoms with Gasteiger partial charge in [0.05, 0.1) is 16.1 Å². The fourth-order valence-electron chi connectivity index (χ4n) is 3.35. The third-order valence-corrected chi connectivity index (χ3v) is 7.00. The van der Waals surface area contributed by atoms with E-state index in [9.17, 15) is 22.4 Å². The Morgan fingerprint density at radius 3 is 2.36 bits per heavy atom. The molecule has 0 radical (unpaired) electrons. The van der Waals surface area contributed by atoms with Gasteiger partial charge < -0.3 is 9.64 Å². The summed E-state index contributed by atoms with van der Waals surface area (Å²) in [7, 11) is -3.79. The minimum absolute atomic E-state index is 0.0150. The molecule has 172 valence electrons. The molecule has 1 aromatic heterocycles. The van der Waals surface area contributed by atoms with Gasteiger partial charge in [-0.1, -0.05) is 12.1 Å². The van der Waals surface area contributed by atoms with E-state index in [1.54, 1.807) is 18.2 Å². The molecular formula is C20H19FN6O5S. The van der Waals surface area contributed by atoms with Crippen molar-refractivity contribution in [2.45, 2.75) is 4.90 Å². The summed E-state index contributed by atoms with van der Waals surface area (Å²) in [4.78, 5) is 26.4. The quantitative estimate of drug-likeness (QED) is 0.473. The molecular weight excluding hydrogens is 455 g/mol. The Morgan fingerprint density at radius 2 is 1.70 bits per heavy atom. The Labute approximate surface area is 188 Å². The van der Waals surface area contributed by atoms with Crippen molar-refractivity contribution < 1.29 is 27.1 Å². The van der Waals surface area contributed by atoms with Crippen molar-refractivity contribution in [3.63, 3.8) is 0 Å². The molecule has 11 nitrogen and oxygen atoms in total. The van der Waals surface area contributed by atoms with E-state index in [1.165, 1.54) is 38.4 Å². The molecule has 0 aliphatic carbocycles. The number of tetrazole rings is 1. The van der Waals surface area contributed by atoms with Crippen LogP contribution in [0.2, 0.25) is 0 Å². The lowest BCUT2D eigenvalue weighted by molar-refractivity contribution is -0.135. The first-order valence-corrected chi connectivity index (χ1v) is 11.3. The highest BCUT2D eigenvalue weighted by molar-refractivity contribution is 7.89. The number of aromatic nitrogens is 4. The van der Waals surface area contributed by atoms with Gasteiger partial charge in [0.2, 0.25) is 10.0 Å². The van der Waals surface area contributed by atoms with Gasteiger partial charge in [0, 0.05) is 26.2 Å². The smallest absolute Gasteiger partial charge is 0.340 e. The zero-order valence-corrected chi connectivity index (χ0v) is 18.1. The summed E-state index contributed by atoms with van der Waals surface area (Å²) in [5.74, 6) is -1.69. The van der Waals surface area contributed by atoms with Gasteiger partial charge in [-0.3, -0.25) is 4.79 Å². The monoisotopic (exact) mass is 474 g/mol. The third kappa shape index (κ3) is 4.88. The van der Waals surface area contributed by atoms with E-state index in [4.69, 9.17) is 4.74 Å². The first kappa shape index (κ1) is 22.5. The van der Waals surface area contributed by atoms with Crippen LogP contribution in [0.5, 0.6) is 0 Å². The average molecular weight is 474 g/mol. The molecule has 4 rings (SSSR count). The van der Waals surface area contributed by atoms with Crippen molar-refractivity contribution in [1.82, 2.24) is 29.4 Å². The van der Waals surface area contributed by atoms with Crippen LogP contribution in [-0.4, -0.2) is 82.5 Å². The van der Waals surface area contributed by atoms with Gasteiger partial charge in [-0.05, 0) is 46.8 Å². The summed E-state index contributed by atoms with van der Waals surface area (Å²) < 4.78 is 46.2. The fraction of sp³-hybridized carbons (Fsp3) is 0.250. The Morgan fingerprint density at radius 1 is 1.00 bits per heavy atom. The number of sulfonamides is 1. The summed E-state index contributed by atoms with van der Waals surface area (Å²) in [5, 5.41) is 10.8. The first-order valence-electron chi connectivity index (χ1n) is 9.89. The summed E-state index contributed by atoms with van der Waals surface area (Å²) >= 11 is 0. The molecule has 1 aliphatic rings. The molecule has 33 heavy (non-hydrogen) atoms. The predicted octanol–water partition coefficient (Wildman–Crippen LogP) is 0.491. The van der Waals surface area contributed by atoms with Crippen molar-refractivity contribution in [2.24, 2.45) is 0 Å². The molecule has 0 saturated carbocycles. The summed E-state index contributed by atoms with van der Waals surface area (Å²) in [6, 6.07) is 11.1. The Balaban J connectivity index is 1.33. The summed E-state index contributed by atoms with van der Waals surface area (Å²) in [5.41, 5.74) is 0.590. The molecule has 2 heterocycles. The van der Waals surface area contributed by atoms with E-state index < -0.39 is 34.3 Å². The van der Waals surface area contributed by atoms with Crippen LogP contribution >= 0.6 is 0 Å². The number of nitrogens with zero attached hydrogens (tertiary/aromatic N) is 6. The largest absolute Gasteiger partial charge is 0.452 e. The zero-order valence-electron chi connectivity index (χ0n) is 17.2. The SMILES string of the molecule is O=C(OCC(=O)N1CCN(S(=O)(=O)c2ccc(F)cc2)CC1)c1ccccc1-n1cnnn1. The maximum atomic E-state index is 13.1. The normalized spacial score (nSPS) is 14.8. The molecule has 0 N–H and O–H groups in total. The summed E-state index contributed by atoms with van der Waals surface area (Å²) in [6.45, 7) is -0.0768. The van der Waals surface area contributed by atoms with Gasteiger partial charge in [0.25, 0.3) is 5.91 Å². The minimum atomic E-state index is -3.79. The lowest BCUT2D eigenvalue weighted by Gasteiger charge is -2.33. The fourth-order valence-corrected chi connectivity index (χ4v) is 4.77. The van der Waals surface area contributed by atoms with Crippen molar-refractivity contribution in [3.8, 4) is 5.69 Å². The number of benzene rings is 2. The number of para-hydroxylation sites is 1. The molecule has 1 amide bonds. The number of ether oxygens (including phenoxy) is 1. The van der Waals surface area contributed by atoms with E-state index in [-0.39, 0.29) is 36.6 Å². The number of hydrogen-bond donors (Lipinski definition) is 0. The molecule has 13 heteroatoms. The third-order valence-electron chi connectivity index (χ3n) is 5.09. The van der Waals surface area contributed by atoms with Gasteiger partial charge in [0.15, 0.2) is 6.61 Å². The van der Waals surface area contributed by atoms with Gasteiger partial charge >= 0.3 is 5.97 Å². The number of carbonyl (C=O) groups is 2. The number of carbonyl (C=O) groups excluding carboxylic acids is 2. The summed E-state index contributed by atoms with van der Waals surface area (Å²) in [6.07, 6.45) is 1.33. The van der Waals surface area contributed by atoms with E-state index in [1.807, 2.05) is 0 Å². The highest BCUT2D eigenvalue weighted by Gasteiger charge is 2.30. The van der Waals surface area contributed by atoms with Crippen LogP contribution in [0.1, 0.15) is 10.4 Å². The molecule has 1 aliphatic heterocycles. The molecule has 1 saturated heterocycles. The van der Waals surface area contributed by atoms with E-state index in [2.05, 4.69) is 15.5 Å². The van der Waals surface area contributed by atoms with Crippen LogP contribution in [0, 0.1) is 5.82 Å². The predicted molar refractivity (Wildman–Crippen MR) is 111 cm³/mol. The molecule has 0 spiro atoms. The van der Waals surface area contributed by atoms with Gasteiger partial charge in [-0.15, -0.1) is 5.10 Å². The van der Waals surface area contributed by atoms with Crippen LogP contribution in [0.25, 0.3) is 5.69 Å². The van der Waals surface area contributed by atoms with E-state index >= 15 is 0 Å².